The third-order valence-electron chi connectivity index (χ3n) is 4.59. The first-order chi connectivity index (χ1) is 8.85. The average molecular weight is 280 g/mol. The van der Waals surface area contributed by atoms with E-state index in [1.165, 1.54) is 29.0 Å². The van der Waals surface area contributed by atoms with Crippen LogP contribution >= 0.6 is 11.3 Å². The molecule has 1 aliphatic rings. The van der Waals surface area contributed by atoms with E-state index in [9.17, 15) is 5.11 Å². The van der Waals surface area contributed by atoms with E-state index in [1.807, 2.05) is 11.3 Å². The Bertz CT molecular complexity index is 415. The summed E-state index contributed by atoms with van der Waals surface area (Å²) in [7, 11) is 0. The Morgan fingerprint density at radius 1 is 1.26 bits per heavy atom. The summed E-state index contributed by atoms with van der Waals surface area (Å²) in [6.45, 7) is 9.03. The van der Waals surface area contributed by atoms with Gasteiger partial charge in [-0.2, -0.15) is 0 Å². The van der Waals surface area contributed by atoms with Gasteiger partial charge in [0.15, 0.2) is 0 Å². The zero-order valence-electron chi connectivity index (χ0n) is 12.8. The maximum absolute atomic E-state index is 11.2. The summed E-state index contributed by atoms with van der Waals surface area (Å²) in [6, 6.07) is 4.44. The molecule has 2 unspecified atom stereocenters. The number of rotatable bonds is 3. The number of hydrogen-bond donors (Lipinski definition) is 1. The van der Waals surface area contributed by atoms with Crippen molar-refractivity contribution in [2.75, 3.05) is 0 Å². The molecular weight excluding hydrogens is 252 g/mol. The van der Waals surface area contributed by atoms with E-state index in [-0.39, 0.29) is 5.41 Å². The van der Waals surface area contributed by atoms with Gasteiger partial charge in [-0.1, -0.05) is 40.5 Å². The normalized spacial score (nSPS) is 28.6. The van der Waals surface area contributed by atoms with Gasteiger partial charge in [0.05, 0.1) is 5.60 Å². The summed E-state index contributed by atoms with van der Waals surface area (Å²) < 4.78 is 0. The lowest BCUT2D eigenvalue weighted by atomic mass is 9.62. The van der Waals surface area contributed by atoms with Crippen molar-refractivity contribution in [1.82, 2.24) is 0 Å². The first-order valence-corrected chi connectivity index (χ1v) is 8.47. The maximum Gasteiger partial charge on any atom is 0.0728 e. The zero-order chi connectivity index (χ0) is 14.1. The summed E-state index contributed by atoms with van der Waals surface area (Å²) in [4.78, 5) is 2.79. The Hall–Kier alpha value is -0.340. The fourth-order valence-electron chi connectivity index (χ4n) is 3.68. The molecular formula is C17H28OS. The smallest absolute Gasteiger partial charge is 0.0728 e. The van der Waals surface area contributed by atoms with Crippen LogP contribution in [0, 0.1) is 11.3 Å². The molecule has 0 aliphatic heterocycles. The SMILES string of the molecule is CCc1ccc(CC2(O)CCCCC2C(C)(C)C)s1. The number of aryl methyl sites for hydroxylation is 1. The molecule has 1 N–H and O–H groups in total. The number of hydrogen-bond acceptors (Lipinski definition) is 2. The molecule has 0 saturated heterocycles. The largest absolute Gasteiger partial charge is 0.389 e. The lowest BCUT2D eigenvalue weighted by Gasteiger charge is -2.47. The van der Waals surface area contributed by atoms with Gasteiger partial charge >= 0.3 is 0 Å². The molecule has 1 aromatic heterocycles. The molecule has 0 bridgehead atoms. The fraction of sp³-hybridized carbons (Fsp3) is 0.765. The zero-order valence-corrected chi connectivity index (χ0v) is 13.6. The molecule has 1 saturated carbocycles. The Morgan fingerprint density at radius 2 is 1.95 bits per heavy atom. The summed E-state index contributed by atoms with van der Waals surface area (Å²) >= 11 is 1.88. The van der Waals surface area contributed by atoms with Crippen LogP contribution in [0.3, 0.4) is 0 Å². The van der Waals surface area contributed by atoms with Crippen LogP contribution in [0.15, 0.2) is 12.1 Å². The lowest BCUT2D eigenvalue weighted by molar-refractivity contribution is -0.0884. The minimum atomic E-state index is -0.494. The highest BCUT2D eigenvalue weighted by Gasteiger charge is 2.44. The first-order valence-electron chi connectivity index (χ1n) is 7.65. The molecule has 1 nitrogen and oxygen atoms in total. The highest BCUT2D eigenvalue weighted by atomic mass is 32.1. The third-order valence-corrected chi connectivity index (χ3v) is 5.82. The van der Waals surface area contributed by atoms with E-state index in [0.717, 1.165) is 19.3 Å². The molecule has 2 rings (SSSR count). The van der Waals surface area contributed by atoms with Crippen LogP contribution in [0.4, 0.5) is 0 Å². The van der Waals surface area contributed by atoms with Crippen molar-refractivity contribution >= 4 is 11.3 Å². The summed E-state index contributed by atoms with van der Waals surface area (Å²) in [6.07, 6.45) is 6.54. The van der Waals surface area contributed by atoms with E-state index >= 15 is 0 Å². The van der Waals surface area contributed by atoms with Crippen LogP contribution in [0.25, 0.3) is 0 Å². The first kappa shape index (κ1) is 15.1. The van der Waals surface area contributed by atoms with Gasteiger partial charge in [0, 0.05) is 16.2 Å². The molecule has 1 fully saturated rings. The van der Waals surface area contributed by atoms with Gasteiger partial charge in [-0.25, -0.2) is 0 Å². The summed E-state index contributed by atoms with van der Waals surface area (Å²) in [5.74, 6) is 0.418. The predicted octanol–water partition coefficient (Wildman–Crippen LogP) is 4.82. The molecule has 0 amide bonds. The Labute approximate surface area is 122 Å². The Kier molecular flexibility index (Phi) is 4.42. The Morgan fingerprint density at radius 3 is 2.53 bits per heavy atom. The second-order valence-electron chi connectivity index (χ2n) is 7.17. The van der Waals surface area contributed by atoms with Crippen LogP contribution in [-0.4, -0.2) is 10.7 Å². The highest BCUT2D eigenvalue weighted by molar-refractivity contribution is 7.12. The fourth-order valence-corrected chi connectivity index (χ4v) is 4.76. The third kappa shape index (κ3) is 3.41. The second kappa shape index (κ2) is 5.57. The topological polar surface area (TPSA) is 20.2 Å². The molecule has 0 spiro atoms. The van der Waals surface area contributed by atoms with E-state index in [0.29, 0.717) is 5.92 Å². The van der Waals surface area contributed by atoms with E-state index in [2.05, 4.69) is 39.8 Å². The van der Waals surface area contributed by atoms with E-state index in [4.69, 9.17) is 0 Å². The van der Waals surface area contributed by atoms with Crippen LogP contribution in [0.2, 0.25) is 0 Å². The quantitative estimate of drug-likeness (QED) is 0.841. The molecule has 0 radical (unpaired) electrons. The van der Waals surface area contributed by atoms with E-state index < -0.39 is 5.60 Å². The van der Waals surface area contributed by atoms with Gasteiger partial charge in [-0.3, -0.25) is 0 Å². The molecule has 19 heavy (non-hydrogen) atoms. The van der Waals surface area contributed by atoms with Crippen LogP contribution in [-0.2, 0) is 12.8 Å². The second-order valence-corrected chi connectivity index (χ2v) is 8.42. The van der Waals surface area contributed by atoms with Crippen molar-refractivity contribution in [2.45, 2.75) is 71.8 Å². The molecule has 1 aliphatic carbocycles. The van der Waals surface area contributed by atoms with Crippen molar-refractivity contribution in [3.63, 3.8) is 0 Å². The number of aliphatic hydroxyl groups is 1. The van der Waals surface area contributed by atoms with Gasteiger partial charge in [0.25, 0.3) is 0 Å². The van der Waals surface area contributed by atoms with Crippen LogP contribution < -0.4 is 0 Å². The van der Waals surface area contributed by atoms with Gasteiger partial charge in [-0.05, 0) is 42.7 Å². The van der Waals surface area contributed by atoms with Crippen molar-refractivity contribution < 1.29 is 5.11 Å². The molecule has 1 heterocycles. The van der Waals surface area contributed by atoms with Gasteiger partial charge in [-0.15, -0.1) is 11.3 Å². The standard InChI is InChI=1S/C17H28OS/c1-5-13-9-10-14(19-13)12-17(18)11-7-6-8-15(17)16(2,3)4/h9-10,15,18H,5-8,11-12H2,1-4H3. The van der Waals surface area contributed by atoms with Crippen molar-refractivity contribution in [3.05, 3.63) is 21.9 Å². The van der Waals surface area contributed by atoms with Crippen LogP contribution in [0.5, 0.6) is 0 Å². The molecule has 108 valence electrons. The van der Waals surface area contributed by atoms with Crippen LogP contribution in [0.1, 0.15) is 63.1 Å². The number of thiophene rings is 1. The highest BCUT2D eigenvalue weighted by Crippen LogP contribution is 2.46. The molecule has 1 aromatic rings. The van der Waals surface area contributed by atoms with Crippen molar-refractivity contribution in [2.24, 2.45) is 11.3 Å². The summed E-state index contributed by atoms with van der Waals surface area (Å²) in [5.41, 5.74) is -0.299. The molecule has 2 atom stereocenters. The van der Waals surface area contributed by atoms with E-state index in [1.54, 1.807) is 0 Å². The Balaban J connectivity index is 2.18. The van der Waals surface area contributed by atoms with Gasteiger partial charge < -0.3 is 5.11 Å². The van der Waals surface area contributed by atoms with Crippen molar-refractivity contribution in [1.29, 1.82) is 0 Å². The van der Waals surface area contributed by atoms with Gasteiger partial charge in [0.1, 0.15) is 0 Å². The minimum absolute atomic E-state index is 0.194. The monoisotopic (exact) mass is 280 g/mol. The average Bonchev–Trinajstić information content (AvgIpc) is 2.75. The van der Waals surface area contributed by atoms with Crippen molar-refractivity contribution in [3.8, 4) is 0 Å². The molecule has 2 heteroatoms. The minimum Gasteiger partial charge on any atom is -0.389 e. The lowest BCUT2D eigenvalue weighted by Crippen LogP contribution is -2.48. The maximum atomic E-state index is 11.2. The molecule has 0 aromatic carbocycles. The predicted molar refractivity (Wildman–Crippen MR) is 83.8 cm³/mol. The summed E-state index contributed by atoms with van der Waals surface area (Å²) in [5, 5.41) is 11.2. The van der Waals surface area contributed by atoms with Gasteiger partial charge in [0.2, 0.25) is 0 Å².